The summed E-state index contributed by atoms with van der Waals surface area (Å²) in [6.45, 7) is 6.77. The molecule has 0 radical (unpaired) electrons. The topological polar surface area (TPSA) is 81.2 Å². The first kappa shape index (κ1) is 22.6. The fourth-order valence-electron chi connectivity index (χ4n) is 4.66. The number of carbonyl (C=O) groups excluding carboxylic acids is 1. The highest BCUT2D eigenvalue weighted by molar-refractivity contribution is 8.14. The van der Waals surface area contributed by atoms with Crippen LogP contribution in [-0.2, 0) is 4.79 Å². The number of para-hydroxylation sites is 2. The molecular formula is C25H30N6O2S. The first-order valence-electron chi connectivity index (χ1n) is 11.6. The summed E-state index contributed by atoms with van der Waals surface area (Å²) in [6.07, 6.45) is 5.07. The van der Waals surface area contributed by atoms with Crippen molar-refractivity contribution < 1.29 is 9.53 Å². The zero-order chi connectivity index (χ0) is 23.7. The number of nitrogens with one attached hydrogen (secondary N) is 3. The molecule has 9 heteroatoms. The molecule has 0 aromatic heterocycles. The Hall–Kier alpha value is -3.17. The third-order valence-corrected chi connectivity index (χ3v) is 7.28. The third-order valence-electron chi connectivity index (χ3n) is 6.31. The van der Waals surface area contributed by atoms with Gasteiger partial charge in [0.1, 0.15) is 11.9 Å². The third kappa shape index (κ3) is 4.45. The fourth-order valence-corrected chi connectivity index (χ4v) is 5.43. The number of hydrogen-bond acceptors (Lipinski definition) is 8. The lowest BCUT2D eigenvalue weighted by molar-refractivity contribution is -0.113. The van der Waals surface area contributed by atoms with Gasteiger partial charge in [-0.05, 0) is 50.5 Å². The summed E-state index contributed by atoms with van der Waals surface area (Å²) in [6, 6.07) is 14.6. The van der Waals surface area contributed by atoms with Crippen molar-refractivity contribution in [3.63, 3.8) is 0 Å². The lowest BCUT2D eigenvalue weighted by Crippen LogP contribution is -2.54. The summed E-state index contributed by atoms with van der Waals surface area (Å²) in [5, 5.41) is 10.5. The number of amides is 1. The van der Waals surface area contributed by atoms with Crippen LogP contribution in [0, 0.1) is 13.8 Å². The number of hydrazone groups is 1. The van der Waals surface area contributed by atoms with Gasteiger partial charge >= 0.3 is 0 Å². The van der Waals surface area contributed by atoms with E-state index in [1.54, 1.807) is 0 Å². The van der Waals surface area contributed by atoms with Crippen LogP contribution in [0.2, 0.25) is 0 Å². The highest BCUT2D eigenvalue weighted by Gasteiger charge is 2.44. The van der Waals surface area contributed by atoms with Crippen LogP contribution in [0.25, 0.3) is 0 Å². The van der Waals surface area contributed by atoms with Gasteiger partial charge in [0, 0.05) is 12.4 Å². The lowest BCUT2D eigenvalue weighted by Gasteiger charge is -2.36. The van der Waals surface area contributed by atoms with Crippen molar-refractivity contribution in [1.29, 1.82) is 0 Å². The van der Waals surface area contributed by atoms with Gasteiger partial charge in [0.2, 0.25) is 5.91 Å². The van der Waals surface area contributed by atoms with Crippen LogP contribution in [0.3, 0.4) is 0 Å². The first-order chi connectivity index (χ1) is 16.5. The molecule has 3 aliphatic heterocycles. The van der Waals surface area contributed by atoms with Gasteiger partial charge in [0.25, 0.3) is 0 Å². The summed E-state index contributed by atoms with van der Waals surface area (Å²) in [7, 11) is 0. The molecule has 3 aliphatic rings. The molecule has 0 saturated carbocycles. The molecule has 1 amide bonds. The van der Waals surface area contributed by atoms with Gasteiger partial charge in [-0.25, -0.2) is 5.43 Å². The number of hydrazine groups is 1. The first-order valence-corrected chi connectivity index (χ1v) is 12.6. The van der Waals surface area contributed by atoms with Gasteiger partial charge in [0.05, 0.1) is 30.1 Å². The van der Waals surface area contributed by atoms with E-state index < -0.39 is 0 Å². The van der Waals surface area contributed by atoms with Crippen LogP contribution in [0.1, 0.15) is 36.1 Å². The van der Waals surface area contributed by atoms with E-state index in [1.807, 2.05) is 37.4 Å². The molecule has 3 unspecified atom stereocenters. The molecule has 178 valence electrons. The summed E-state index contributed by atoms with van der Waals surface area (Å²) < 4.78 is 5.60. The molecule has 3 N–H and O–H groups in total. The van der Waals surface area contributed by atoms with E-state index in [1.165, 1.54) is 28.5 Å². The molecule has 0 spiro atoms. The molecule has 34 heavy (non-hydrogen) atoms. The van der Waals surface area contributed by atoms with E-state index in [9.17, 15) is 4.79 Å². The number of carbonyl (C=O) groups is 1. The van der Waals surface area contributed by atoms with Crippen molar-refractivity contribution in [2.45, 2.75) is 45.4 Å². The van der Waals surface area contributed by atoms with Crippen LogP contribution in [-0.4, -0.2) is 45.6 Å². The van der Waals surface area contributed by atoms with E-state index >= 15 is 0 Å². The molecule has 2 aromatic rings. The number of fused-ring (bicyclic) bond motifs is 3. The fraction of sp³-hybridized carbons (Fsp3) is 0.360. The zero-order valence-electron chi connectivity index (χ0n) is 19.6. The molecule has 0 bridgehead atoms. The number of ether oxygens (including phenoxy) is 1. The van der Waals surface area contributed by atoms with Crippen molar-refractivity contribution >= 4 is 28.5 Å². The van der Waals surface area contributed by atoms with Crippen LogP contribution in [0.5, 0.6) is 5.75 Å². The zero-order valence-corrected chi connectivity index (χ0v) is 20.4. The second-order valence-corrected chi connectivity index (χ2v) is 9.63. The maximum Gasteiger partial charge on any atom is 0.234 e. The monoisotopic (exact) mass is 478 g/mol. The average molecular weight is 479 g/mol. The Balaban J connectivity index is 1.19. The maximum absolute atomic E-state index is 12.6. The number of anilines is 1. The standard InChI is InChI=1S/C25H30N6O2S/c1-4-33-22-8-6-5-7-19(22)26-23(32)15-34-25-28-27-24-21-14-20(29-31(21)12-11-30(24)25)18-13-16(2)9-10-17(18)3/h5-13,20-21,24,27,29H,4,14-15H2,1-3H3,(H,26,32). The van der Waals surface area contributed by atoms with Crippen LogP contribution < -0.4 is 20.9 Å². The van der Waals surface area contributed by atoms with Gasteiger partial charge < -0.3 is 20.0 Å². The van der Waals surface area contributed by atoms with Gasteiger partial charge in [-0.15, -0.1) is 0 Å². The summed E-state index contributed by atoms with van der Waals surface area (Å²) in [5.74, 6) is 0.841. The predicted molar refractivity (Wildman–Crippen MR) is 136 cm³/mol. The molecule has 0 aliphatic carbocycles. The second kappa shape index (κ2) is 9.60. The summed E-state index contributed by atoms with van der Waals surface area (Å²) in [4.78, 5) is 14.7. The Bertz CT molecular complexity index is 1140. The van der Waals surface area contributed by atoms with Gasteiger partial charge in [-0.2, -0.15) is 5.10 Å². The number of hydrogen-bond donors (Lipinski definition) is 3. The smallest absolute Gasteiger partial charge is 0.234 e. The number of nitrogens with zero attached hydrogens (tertiary/aromatic N) is 3. The molecule has 8 nitrogen and oxygen atoms in total. The Morgan fingerprint density at radius 2 is 2.09 bits per heavy atom. The predicted octanol–water partition coefficient (Wildman–Crippen LogP) is 3.68. The lowest BCUT2D eigenvalue weighted by atomic mass is 9.95. The number of amidine groups is 1. The Morgan fingerprint density at radius 1 is 1.24 bits per heavy atom. The molecule has 5 rings (SSSR count). The summed E-state index contributed by atoms with van der Waals surface area (Å²) >= 11 is 1.42. The second-order valence-electron chi connectivity index (χ2n) is 8.69. The van der Waals surface area contributed by atoms with Crippen molar-refractivity contribution in [2.75, 3.05) is 17.7 Å². The molecule has 3 heterocycles. The minimum absolute atomic E-state index is 0.0249. The van der Waals surface area contributed by atoms with Gasteiger partial charge in [0.15, 0.2) is 5.17 Å². The Labute approximate surface area is 204 Å². The van der Waals surface area contributed by atoms with E-state index in [4.69, 9.17) is 4.74 Å². The quantitative estimate of drug-likeness (QED) is 0.584. The normalized spacial score (nSPS) is 22.7. The maximum atomic E-state index is 12.6. The van der Waals surface area contributed by atoms with Crippen LogP contribution in [0.4, 0.5) is 5.69 Å². The van der Waals surface area contributed by atoms with E-state index in [0.717, 1.165) is 11.6 Å². The molecule has 3 atom stereocenters. The SMILES string of the molecule is CCOc1ccccc1NC(=O)CSC1=NNC2C3CC(c4cc(C)ccc4C)NN3C=CN12. The Morgan fingerprint density at radius 3 is 2.94 bits per heavy atom. The van der Waals surface area contributed by atoms with Gasteiger partial charge in [-0.3, -0.25) is 10.2 Å². The number of aryl methyl sites for hydroxylation is 2. The highest BCUT2D eigenvalue weighted by atomic mass is 32.2. The molecule has 1 fully saturated rings. The van der Waals surface area contributed by atoms with Crippen molar-refractivity contribution in [3.8, 4) is 5.75 Å². The van der Waals surface area contributed by atoms with Crippen molar-refractivity contribution in [2.24, 2.45) is 5.10 Å². The van der Waals surface area contributed by atoms with Crippen LogP contribution in [0.15, 0.2) is 60.0 Å². The average Bonchev–Trinajstić information content (AvgIpc) is 3.44. The van der Waals surface area contributed by atoms with E-state index in [0.29, 0.717) is 18.0 Å². The molecule has 2 aromatic carbocycles. The van der Waals surface area contributed by atoms with Crippen LogP contribution >= 0.6 is 11.8 Å². The van der Waals surface area contributed by atoms with Gasteiger partial charge in [-0.1, -0.05) is 47.7 Å². The number of thioether (sulfide) groups is 1. The minimum Gasteiger partial charge on any atom is -0.492 e. The Kier molecular flexibility index (Phi) is 6.38. The number of benzene rings is 2. The largest absolute Gasteiger partial charge is 0.492 e. The molecular weight excluding hydrogens is 448 g/mol. The van der Waals surface area contributed by atoms with E-state index in [2.05, 4.69) is 69.4 Å². The number of rotatable bonds is 6. The minimum atomic E-state index is -0.0940. The molecule has 1 saturated heterocycles. The van der Waals surface area contributed by atoms with E-state index in [-0.39, 0.29) is 29.9 Å². The van der Waals surface area contributed by atoms with Crippen molar-refractivity contribution in [3.05, 3.63) is 71.6 Å². The summed E-state index contributed by atoms with van der Waals surface area (Å²) in [5.41, 5.74) is 11.5. The van der Waals surface area contributed by atoms with Crippen molar-refractivity contribution in [1.82, 2.24) is 20.8 Å². The highest BCUT2D eigenvalue weighted by Crippen LogP contribution is 2.36.